The summed E-state index contributed by atoms with van der Waals surface area (Å²) in [5, 5.41) is 8.18. The zero-order valence-corrected chi connectivity index (χ0v) is 16.9. The highest BCUT2D eigenvalue weighted by atomic mass is 19.4. The van der Waals surface area contributed by atoms with Gasteiger partial charge in [-0.15, -0.1) is 0 Å². The first-order valence-corrected chi connectivity index (χ1v) is 9.66. The maximum absolute atomic E-state index is 13.0. The van der Waals surface area contributed by atoms with E-state index in [-0.39, 0.29) is 5.69 Å². The lowest BCUT2D eigenvalue weighted by Crippen LogP contribution is -2.34. The average Bonchev–Trinajstić information content (AvgIpc) is 2.79. The minimum atomic E-state index is -4.46. The number of nitrogens with zero attached hydrogens (tertiary/aromatic N) is 2. The number of fused-ring (bicyclic) bond motifs is 1. The van der Waals surface area contributed by atoms with Crippen molar-refractivity contribution in [2.75, 3.05) is 10.6 Å². The van der Waals surface area contributed by atoms with Gasteiger partial charge in [0.15, 0.2) is 0 Å². The summed E-state index contributed by atoms with van der Waals surface area (Å²) < 4.78 is 38.9. The number of aromatic nitrogens is 2. The van der Waals surface area contributed by atoms with Crippen LogP contribution in [0, 0.1) is 0 Å². The first-order valence-electron chi connectivity index (χ1n) is 9.66. The molecule has 0 saturated carbocycles. The number of nitrogens with one attached hydrogen (secondary N) is 3. The lowest BCUT2D eigenvalue weighted by molar-refractivity contribution is -0.137. The monoisotopic (exact) mass is 451 g/mol. The number of halogens is 3. The minimum absolute atomic E-state index is 0.214. The van der Waals surface area contributed by atoms with E-state index in [2.05, 4.69) is 25.9 Å². The molecule has 0 aliphatic heterocycles. The standard InChI is InChI=1S/C23H16F3N5O2/c24-23(25,26)15-7-4-8-16(11-15)29-20-18-10-9-17(12-19(18)27-13-28-20)30-22(33)31-21(32)14-5-2-1-3-6-14/h1-13H,(H,27,28,29)(H2,30,31,32,33). The summed E-state index contributed by atoms with van der Waals surface area (Å²) in [6.45, 7) is 0. The Morgan fingerprint density at radius 1 is 0.818 bits per heavy atom. The van der Waals surface area contributed by atoms with Crippen molar-refractivity contribution in [3.8, 4) is 0 Å². The quantitative estimate of drug-likeness (QED) is 0.389. The molecule has 0 aliphatic carbocycles. The summed E-state index contributed by atoms with van der Waals surface area (Å²) >= 11 is 0. The van der Waals surface area contributed by atoms with E-state index in [9.17, 15) is 22.8 Å². The molecule has 166 valence electrons. The molecule has 0 bridgehead atoms. The van der Waals surface area contributed by atoms with Crippen molar-refractivity contribution in [3.63, 3.8) is 0 Å². The first-order chi connectivity index (χ1) is 15.8. The maximum atomic E-state index is 13.0. The Bertz CT molecular complexity index is 1330. The molecule has 33 heavy (non-hydrogen) atoms. The van der Waals surface area contributed by atoms with Gasteiger partial charge in [-0.3, -0.25) is 10.1 Å². The van der Waals surface area contributed by atoms with E-state index in [4.69, 9.17) is 0 Å². The number of carbonyl (C=O) groups is 2. The SMILES string of the molecule is O=C(NC(=O)c1ccccc1)Nc1ccc2c(Nc3cccc(C(F)(F)F)c3)ncnc2c1. The number of urea groups is 1. The summed E-state index contributed by atoms with van der Waals surface area (Å²) in [7, 11) is 0. The molecule has 0 radical (unpaired) electrons. The number of anilines is 3. The van der Waals surface area contributed by atoms with E-state index in [1.54, 1.807) is 48.5 Å². The Balaban J connectivity index is 1.50. The number of carbonyl (C=O) groups excluding carboxylic acids is 2. The number of hydrogen-bond donors (Lipinski definition) is 3. The molecule has 0 aliphatic rings. The van der Waals surface area contributed by atoms with Crippen LogP contribution in [-0.2, 0) is 6.18 Å². The Hall–Kier alpha value is -4.47. The second kappa shape index (κ2) is 8.95. The van der Waals surface area contributed by atoms with Crippen LogP contribution >= 0.6 is 0 Å². The van der Waals surface area contributed by atoms with Crippen molar-refractivity contribution in [3.05, 3.63) is 90.3 Å². The number of imide groups is 1. The van der Waals surface area contributed by atoms with Gasteiger partial charge in [0.1, 0.15) is 12.1 Å². The van der Waals surface area contributed by atoms with Crippen molar-refractivity contribution in [1.29, 1.82) is 0 Å². The molecule has 4 aromatic rings. The van der Waals surface area contributed by atoms with Crippen molar-refractivity contribution in [1.82, 2.24) is 15.3 Å². The van der Waals surface area contributed by atoms with Gasteiger partial charge < -0.3 is 10.6 Å². The molecule has 0 unspecified atom stereocenters. The minimum Gasteiger partial charge on any atom is -0.340 e. The van der Waals surface area contributed by atoms with Gasteiger partial charge in [0.25, 0.3) is 5.91 Å². The van der Waals surface area contributed by atoms with Gasteiger partial charge in [-0.25, -0.2) is 14.8 Å². The largest absolute Gasteiger partial charge is 0.416 e. The van der Waals surface area contributed by atoms with Gasteiger partial charge in [-0.2, -0.15) is 13.2 Å². The number of alkyl halides is 3. The highest BCUT2D eigenvalue weighted by Crippen LogP contribution is 2.32. The smallest absolute Gasteiger partial charge is 0.340 e. The van der Waals surface area contributed by atoms with Gasteiger partial charge in [0, 0.05) is 22.3 Å². The summed E-state index contributed by atoms with van der Waals surface area (Å²) in [6.07, 6.45) is -3.21. The molecular formula is C23H16F3N5O2. The Labute approximate surface area is 185 Å². The first kappa shape index (κ1) is 21.8. The Morgan fingerprint density at radius 3 is 2.36 bits per heavy atom. The van der Waals surface area contributed by atoms with Gasteiger partial charge in [-0.05, 0) is 48.5 Å². The summed E-state index contributed by atoms with van der Waals surface area (Å²) in [4.78, 5) is 32.5. The molecule has 1 aromatic heterocycles. The number of benzene rings is 3. The van der Waals surface area contributed by atoms with E-state index >= 15 is 0 Å². The van der Waals surface area contributed by atoms with Crippen molar-refractivity contribution in [2.24, 2.45) is 0 Å². The fourth-order valence-corrected chi connectivity index (χ4v) is 3.07. The highest BCUT2D eigenvalue weighted by molar-refractivity contribution is 6.08. The molecule has 10 heteroatoms. The van der Waals surface area contributed by atoms with Crippen LogP contribution in [0.4, 0.5) is 35.2 Å². The van der Waals surface area contributed by atoms with Gasteiger partial charge in [-0.1, -0.05) is 24.3 Å². The molecule has 3 aromatic carbocycles. The normalized spacial score (nSPS) is 11.1. The molecule has 4 rings (SSSR count). The third kappa shape index (κ3) is 5.24. The zero-order valence-electron chi connectivity index (χ0n) is 16.9. The molecule has 0 fully saturated rings. The van der Waals surface area contributed by atoms with Crippen LogP contribution < -0.4 is 16.0 Å². The van der Waals surface area contributed by atoms with Gasteiger partial charge >= 0.3 is 12.2 Å². The third-order valence-electron chi connectivity index (χ3n) is 4.61. The molecule has 1 heterocycles. The molecule has 0 spiro atoms. The highest BCUT2D eigenvalue weighted by Gasteiger charge is 2.30. The van der Waals surface area contributed by atoms with Crippen LogP contribution in [0.1, 0.15) is 15.9 Å². The second-order valence-corrected chi connectivity index (χ2v) is 6.93. The van der Waals surface area contributed by atoms with Gasteiger partial charge in [0.2, 0.25) is 0 Å². The van der Waals surface area contributed by atoms with E-state index < -0.39 is 23.7 Å². The molecule has 3 amide bonds. The van der Waals surface area contributed by atoms with E-state index in [1.165, 1.54) is 18.5 Å². The number of rotatable bonds is 4. The number of hydrogen-bond acceptors (Lipinski definition) is 5. The number of amides is 3. The Kier molecular flexibility index (Phi) is 5.90. The van der Waals surface area contributed by atoms with Crippen LogP contribution in [0.2, 0.25) is 0 Å². The predicted octanol–water partition coefficient (Wildman–Crippen LogP) is 5.35. The van der Waals surface area contributed by atoms with E-state index in [1.807, 2.05) is 0 Å². The summed E-state index contributed by atoms with van der Waals surface area (Å²) in [5.41, 5.74) is 0.569. The lowest BCUT2D eigenvalue weighted by Gasteiger charge is -2.12. The van der Waals surface area contributed by atoms with Crippen molar-refractivity contribution < 1.29 is 22.8 Å². The molecular weight excluding hydrogens is 435 g/mol. The zero-order chi connectivity index (χ0) is 23.4. The fourth-order valence-electron chi connectivity index (χ4n) is 3.07. The van der Waals surface area contributed by atoms with Crippen LogP contribution in [0.3, 0.4) is 0 Å². The van der Waals surface area contributed by atoms with Crippen LogP contribution in [-0.4, -0.2) is 21.9 Å². The van der Waals surface area contributed by atoms with E-state index in [0.29, 0.717) is 28.0 Å². The van der Waals surface area contributed by atoms with Crippen LogP contribution in [0.5, 0.6) is 0 Å². The predicted molar refractivity (Wildman–Crippen MR) is 117 cm³/mol. The van der Waals surface area contributed by atoms with E-state index in [0.717, 1.165) is 12.1 Å². The van der Waals surface area contributed by atoms with Crippen LogP contribution in [0.15, 0.2) is 79.1 Å². The lowest BCUT2D eigenvalue weighted by atomic mass is 10.1. The summed E-state index contributed by atoms with van der Waals surface area (Å²) in [6, 6.07) is 17.0. The topological polar surface area (TPSA) is 96.0 Å². The Morgan fingerprint density at radius 2 is 1.61 bits per heavy atom. The fraction of sp³-hybridized carbons (Fsp3) is 0.0435. The van der Waals surface area contributed by atoms with Crippen molar-refractivity contribution >= 4 is 40.0 Å². The molecule has 0 saturated heterocycles. The third-order valence-corrected chi connectivity index (χ3v) is 4.61. The van der Waals surface area contributed by atoms with Gasteiger partial charge in [0.05, 0.1) is 11.1 Å². The molecule has 0 atom stereocenters. The maximum Gasteiger partial charge on any atom is 0.416 e. The molecule has 7 nitrogen and oxygen atoms in total. The van der Waals surface area contributed by atoms with Crippen molar-refractivity contribution in [2.45, 2.75) is 6.18 Å². The van der Waals surface area contributed by atoms with Crippen LogP contribution in [0.25, 0.3) is 10.9 Å². The average molecular weight is 451 g/mol. The molecule has 3 N–H and O–H groups in total. The second-order valence-electron chi connectivity index (χ2n) is 6.93. The summed E-state index contributed by atoms with van der Waals surface area (Å²) in [5.74, 6) is -0.252.